The Morgan fingerprint density at radius 1 is 1.03 bits per heavy atom. The number of aryl methyl sites for hydroxylation is 2. The molecule has 1 heterocycles. The predicted octanol–water partition coefficient (Wildman–Crippen LogP) is 4.47. The van der Waals surface area contributed by atoms with Crippen molar-refractivity contribution in [1.29, 1.82) is 0 Å². The second kappa shape index (κ2) is 13.2. The molecule has 0 saturated heterocycles. The van der Waals surface area contributed by atoms with E-state index in [1.54, 1.807) is 11.6 Å². The Morgan fingerprint density at radius 2 is 1.78 bits per heavy atom. The molecule has 3 amide bonds. The number of rotatable bonds is 11. The summed E-state index contributed by atoms with van der Waals surface area (Å²) in [6, 6.07) is 17.1. The van der Waals surface area contributed by atoms with E-state index in [0.29, 0.717) is 18.1 Å². The Morgan fingerprint density at radius 3 is 2.46 bits per heavy atom. The number of nitrogens with one attached hydrogen (secondary N) is 2. The van der Waals surface area contributed by atoms with E-state index in [2.05, 4.69) is 16.7 Å². The summed E-state index contributed by atoms with van der Waals surface area (Å²) in [7, 11) is 0. The van der Waals surface area contributed by atoms with E-state index >= 15 is 0 Å². The molecular formula is C28H35N5O4. The average molecular weight is 506 g/mol. The highest BCUT2D eigenvalue weighted by molar-refractivity contribution is 5.94. The number of hydrogen-bond acceptors (Lipinski definition) is 5. The molecule has 0 aliphatic heterocycles. The normalized spacial score (nSPS) is 10.6. The van der Waals surface area contributed by atoms with Crippen molar-refractivity contribution in [2.75, 3.05) is 31.6 Å². The highest BCUT2D eigenvalue weighted by Gasteiger charge is 2.20. The highest BCUT2D eigenvalue weighted by Crippen LogP contribution is 2.26. The van der Waals surface area contributed by atoms with Crippen molar-refractivity contribution in [3.63, 3.8) is 0 Å². The molecule has 1 aromatic heterocycles. The van der Waals surface area contributed by atoms with Crippen molar-refractivity contribution >= 4 is 23.7 Å². The van der Waals surface area contributed by atoms with Gasteiger partial charge in [0.15, 0.2) is 0 Å². The van der Waals surface area contributed by atoms with Gasteiger partial charge in [-0.2, -0.15) is 5.10 Å². The zero-order valence-electron chi connectivity index (χ0n) is 21.9. The van der Waals surface area contributed by atoms with Crippen LogP contribution in [-0.2, 0) is 14.3 Å². The lowest BCUT2D eigenvalue weighted by molar-refractivity contribution is -0.141. The quantitative estimate of drug-likeness (QED) is 0.374. The second-order valence-electron chi connectivity index (χ2n) is 8.77. The minimum atomic E-state index is -0.526. The first-order valence-electron chi connectivity index (χ1n) is 12.5. The van der Waals surface area contributed by atoms with Crippen LogP contribution >= 0.6 is 0 Å². The second-order valence-corrected chi connectivity index (χ2v) is 8.77. The maximum atomic E-state index is 13.1. The largest absolute Gasteiger partial charge is 0.465 e. The molecule has 37 heavy (non-hydrogen) atoms. The number of urea groups is 1. The number of carbonyl (C=O) groups excluding carboxylic acids is 3. The predicted molar refractivity (Wildman–Crippen MR) is 144 cm³/mol. The molecule has 0 bridgehead atoms. The lowest BCUT2D eigenvalue weighted by atomic mass is 10.1. The molecule has 0 radical (unpaired) electrons. The van der Waals surface area contributed by atoms with E-state index in [4.69, 9.17) is 9.84 Å². The summed E-state index contributed by atoms with van der Waals surface area (Å²) in [5.41, 5.74) is 4.62. The topological polar surface area (TPSA) is 106 Å². The van der Waals surface area contributed by atoms with Crippen molar-refractivity contribution in [2.45, 2.75) is 40.5 Å². The number of benzene rings is 2. The van der Waals surface area contributed by atoms with E-state index in [1.807, 2.05) is 69.3 Å². The van der Waals surface area contributed by atoms with Crippen LogP contribution in [0.1, 0.15) is 37.8 Å². The van der Waals surface area contributed by atoms with Gasteiger partial charge in [0.25, 0.3) is 0 Å². The molecule has 196 valence electrons. The van der Waals surface area contributed by atoms with Gasteiger partial charge in [-0.3, -0.25) is 9.59 Å². The first-order valence-corrected chi connectivity index (χ1v) is 12.5. The monoisotopic (exact) mass is 505 g/mol. The molecule has 0 saturated carbocycles. The molecule has 0 aliphatic rings. The van der Waals surface area contributed by atoms with Crippen LogP contribution in [0.4, 0.5) is 10.6 Å². The summed E-state index contributed by atoms with van der Waals surface area (Å²) in [5, 5.41) is 10.3. The molecule has 9 heteroatoms. The number of ether oxygens (including phenoxy) is 1. The molecular weight excluding hydrogens is 470 g/mol. The van der Waals surface area contributed by atoms with Gasteiger partial charge >= 0.3 is 12.0 Å². The van der Waals surface area contributed by atoms with Gasteiger partial charge in [-0.1, -0.05) is 61.4 Å². The third-order valence-corrected chi connectivity index (χ3v) is 5.72. The standard InChI is InChI=1S/C28H35N5O4/c1-5-7-15-32(28(36)29-18-27(35)37-6-2)19-26(34)30-25-17-23(22-11-9-8-10-12-22)31-33(25)24-14-13-20(3)16-21(24)4/h8-14,16-17H,5-7,15,18-19H2,1-4H3,(H,29,36)(H,30,34). The summed E-state index contributed by atoms with van der Waals surface area (Å²) in [6.07, 6.45) is 1.57. The van der Waals surface area contributed by atoms with Crippen LogP contribution in [0.5, 0.6) is 0 Å². The number of esters is 1. The van der Waals surface area contributed by atoms with Gasteiger partial charge in [0.2, 0.25) is 5.91 Å². The number of unbranched alkanes of at least 4 members (excludes halogenated alkanes) is 1. The summed E-state index contributed by atoms with van der Waals surface area (Å²) < 4.78 is 6.58. The number of amides is 3. The van der Waals surface area contributed by atoms with Gasteiger partial charge in [0.1, 0.15) is 18.9 Å². The molecule has 0 spiro atoms. The Bertz CT molecular complexity index is 1220. The fourth-order valence-corrected chi connectivity index (χ4v) is 3.88. The summed E-state index contributed by atoms with van der Waals surface area (Å²) in [5.74, 6) is -0.396. The zero-order chi connectivity index (χ0) is 26.8. The first-order chi connectivity index (χ1) is 17.8. The molecule has 3 aromatic rings. The Kier molecular flexibility index (Phi) is 9.83. The first kappa shape index (κ1) is 27.4. The van der Waals surface area contributed by atoms with Crippen LogP contribution in [-0.4, -0.2) is 58.8 Å². The fourth-order valence-electron chi connectivity index (χ4n) is 3.88. The lowest BCUT2D eigenvalue weighted by Crippen LogP contribution is -2.46. The molecule has 0 fully saturated rings. The highest BCUT2D eigenvalue weighted by atomic mass is 16.5. The third-order valence-electron chi connectivity index (χ3n) is 5.72. The van der Waals surface area contributed by atoms with Crippen LogP contribution in [0.3, 0.4) is 0 Å². The van der Waals surface area contributed by atoms with Crippen molar-refractivity contribution < 1.29 is 19.1 Å². The Labute approximate surface area is 217 Å². The fraction of sp³-hybridized carbons (Fsp3) is 0.357. The van der Waals surface area contributed by atoms with Gasteiger partial charge in [-0.25, -0.2) is 9.48 Å². The van der Waals surface area contributed by atoms with Crippen LogP contribution in [0.2, 0.25) is 0 Å². The molecule has 2 N–H and O–H groups in total. The minimum Gasteiger partial charge on any atom is -0.465 e. The number of aromatic nitrogens is 2. The molecule has 0 unspecified atom stereocenters. The minimum absolute atomic E-state index is 0.173. The third kappa shape index (κ3) is 7.67. The van der Waals surface area contributed by atoms with Crippen LogP contribution in [0, 0.1) is 13.8 Å². The Hall–Kier alpha value is -4.14. The van der Waals surface area contributed by atoms with E-state index in [1.165, 1.54) is 4.90 Å². The summed E-state index contributed by atoms with van der Waals surface area (Å²) in [4.78, 5) is 38.9. The van der Waals surface area contributed by atoms with Gasteiger partial charge in [0.05, 0.1) is 18.0 Å². The maximum Gasteiger partial charge on any atom is 0.325 e. The van der Waals surface area contributed by atoms with Crippen LogP contribution in [0.25, 0.3) is 16.9 Å². The summed E-state index contributed by atoms with van der Waals surface area (Å²) >= 11 is 0. The smallest absolute Gasteiger partial charge is 0.325 e. The van der Waals surface area contributed by atoms with Gasteiger partial charge in [0, 0.05) is 18.2 Å². The SMILES string of the molecule is CCCCN(CC(=O)Nc1cc(-c2ccccc2)nn1-c1ccc(C)cc1C)C(=O)NCC(=O)OCC. The summed E-state index contributed by atoms with van der Waals surface area (Å²) in [6.45, 7) is 7.91. The lowest BCUT2D eigenvalue weighted by Gasteiger charge is -2.22. The number of anilines is 1. The average Bonchev–Trinajstić information content (AvgIpc) is 3.29. The molecule has 3 rings (SSSR count). The van der Waals surface area contributed by atoms with E-state index < -0.39 is 12.0 Å². The van der Waals surface area contributed by atoms with E-state index in [0.717, 1.165) is 35.2 Å². The van der Waals surface area contributed by atoms with E-state index in [9.17, 15) is 14.4 Å². The molecule has 0 atom stereocenters. The van der Waals surface area contributed by atoms with Gasteiger partial charge < -0.3 is 20.3 Å². The van der Waals surface area contributed by atoms with Gasteiger partial charge in [-0.15, -0.1) is 0 Å². The Balaban J connectivity index is 1.83. The maximum absolute atomic E-state index is 13.1. The molecule has 9 nitrogen and oxygen atoms in total. The van der Waals surface area contributed by atoms with Crippen molar-refractivity contribution in [1.82, 2.24) is 20.0 Å². The zero-order valence-corrected chi connectivity index (χ0v) is 21.9. The van der Waals surface area contributed by atoms with Crippen molar-refractivity contribution in [3.8, 4) is 16.9 Å². The number of carbonyl (C=O) groups is 3. The molecule has 2 aromatic carbocycles. The number of nitrogens with zero attached hydrogens (tertiary/aromatic N) is 3. The van der Waals surface area contributed by atoms with E-state index in [-0.39, 0.29) is 25.6 Å². The van der Waals surface area contributed by atoms with Crippen molar-refractivity contribution in [3.05, 3.63) is 65.7 Å². The van der Waals surface area contributed by atoms with Crippen molar-refractivity contribution in [2.24, 2.45) is 0 Å². The molecule has 0 aliphatic carbocycles. The number of hydrogen-bond donors (Lipinski definition) is 2. The van der Waals surface area contributed by atoms with Crippen LogP contribution < -0.4 is 10.6 Å². The van der Waals surface area contributed by atoms with Crippen LogP contribution in [0.15, 0.2) is 54.6 Å². The van der Waals surface area contributed by atoms with Gasteiger partial charge in [-0.05, 0) is 38.8 Å².